The van der Waals surface area contributed by atoms with Crippen molar-refractivity contribution < 1.29 is 14.3 Å². The topological polar surface area (TPSA) is 79.8 Å². The Labute approximate surface area is 186 Å². The molecule has 2 aromatic rings. The molecule has 9 heteroatoms. The largest absolute Gasteiger partial charge is 0.347 e. The second-order valence-corrected chi connectivity index (χ2v) is 9.47. The van der Waals surface area contributed by atoms with Gasteiger partial charge in [-0.2, -0.15) is 0 Å². The molecule has 1 aromatic carbocycles. The quantitative estimate of drug-likeness (QED) is 0.778. The van der Waals surface area contributed by atoms with Gasteiger partial charge in [0.15, 0.2) is 5.79 Å². The van der Waals surface area contributed by atoms with Crippen LogP contribution in [0.4, 0.5) is 10.8 Å². The molecule has 3 aliphatic heterocycles. The molecule has 0 radical (unpaired) electrons. The van der Waals surface area contributed by atoms with Gasteiger partial charge in [0.25, 0.3) is 0 Å². The van der Waals surface area contributed by atoms with E-state index in [1.807, 2.05) is 24.3 Å². The van der Waals surface area contributed by atoms with Gasteiger partial charge in [0.05, 0.1) is 13.2 Å². The highest BCUT2D eigenvalue weighted by Crippen LogP contribution is 2.35. The first-order valence-electron chi connectivity index (χ1n) is 11.1. The minimum Gasteiger partial charge on any atom is -0.347 e. The van der Waals surface area contributed by atoms with Gasteiger partial charge >= 0.3 is 0 Å². The van der Waals surface area contributed by atoms with Gasteiger partial charge in [-0.05, 0) is 25.0 Å². The third-order valence-corrected chi connectivity index (χ3v) is 7.50. The molecule has 0 unspecified atom stereocenters. The summed E-state index contributed by atoms with van der Waals surface area (Å²) in [6.45, 7) is 7.09. The van der Waals surface area contributed by atoms with Gasteiger partial charge in [0.2, 0.25) is 11.0 Å². The average Bonchev–Trinajstić information content (AvgIpc) is 3.45. The number of nitrogens with one attached hydrogen (secondary N) is 1. The zero-order valence-electron chi connectivity index (χ0n) is 17.9. The molecule has 3 saturated heterocycles. The second kappa shape index (κ2) is 8.82. The zero-order valence-corrected chi connectivity index (χ0v) is 18.7. The van der Waals surface area contributed by atoms with Gasteiger partial charge in [0, 0.05) is 63.2 Å². The third kappa shape index (κ3) is 4.59. The highest BCUT2D eigenvalue weighted by Gasteiger charge is 2.41. The molecule has 0 atom stereocenters. The molecule has 1 aromatic heterocycles. The van der Waals surface area contributed by atoms with E-state index in [2.05, 4.69) is 25.3 Å². The fourth-order valence-corrected chi connectivity index (χ4v) is 5.72. The van der Waals surface area contributed by atoms with Crippen LogP contribution in [0.15, 0.2) is 24.3 Å². The maximum atomic E-state index is 11.3. The lowest BCUT2D eigenvalue weighted by atomic mass is 9.97. The molecule has 0 saturated carbocycles. The highest BCUT2D eigenvalue weighted by molar-refractivity contribution is 7.18. The van der Waals surface area contributed by atoms with Gasteiger partial charge in [-0.3, -0.25) is 9.69 Å². The number of carbonyl (C=O) groups is 1. The Morgan fingerprint density at radius 2 is 1.87 bits per heavy atom. The van der Waals surface area contributed by atoms with Crippen LogP contribution in [0.3, 0.4) is 0 Å². The third-order valence-electron chi connectivity index (χ3n) is 6.47. The summed E-state index contributed by atoms with van der Waals surface area (Å²) in [5, 5.41) is 13.5. The Bertz CT molecular complexity index is 911. The normalized spacial score (nSPS) is 22.2. The van der Waals surface area contributed by atoms with E-state index in [-0.39, 0.29) is 11.7 Å². The van der Waals surface area contributed by atoms with Crippen molar-refractivity contribution in [3.63, 3.8) is 0 Å². The SMILES string of the molecule is CC(=O)Nc1cccc(-c2nnc(N3CCC(N4CCC5(CC4)OCCO5)CC3)s2)c1. The van der Waals surface area contributed by atoms with Crippen molar-refractivity contribution in [2.75, 3.05) is 49.6 Å². The molecule has 3 aliphatic rings. The minimum absolute atomic E-state index is 0.0786. The smallest absolute Gasteiger partial charge is 0.221 e. The molecule has 166 valence electrons. The number of rotatable bonds is 4. The number of anilines is 2. The number of benzene rings is 1. The van der Waals surface area contributed by atoms with Crippen LogP contribution in [-0.4, -0.2) is 72.2 Å². The summed E-state index contributed by atoms with van der Waals surface area (Å²) in [6.07, 6.45) is 4.23. The number of amides is 1. The molecule has 5 rings (SSSR count). The van der Waals surface area contributed by atoms with Gasteiger partial charge in [-0.15, -0.1) is 10.2 Å². The van der Waals surface area contributed by atoms with Gasteiger partial charge in [0.1, 0.15) is 5.01 Å². The molecule has 31 heavy (non-hydrogen) atoms. The number of aromatic nitrogens is 2. The van der Waals surface area contributed by atoms with Crippen LogP contribution in [0.5, 0.6) is 0 Å². The molecule has 4 heterocycles. The van der Waals surface area contributed by atoms with Crippen LogP contribution < -0.4 is 10.2 Å². The Kier molecular flexibility index (Phi) is 5.92. The van der Waals surface area contributed by atoms with Crippen LogP contribution in [0.2, 0.25) is 0 Å². The molecular weight excluding hydrogens is 414 g/mol. The monoisotopic (exact) mass is 443 g/mol. The lowest BCUT2D eigenvalue weighted by molar-refractivity contribution is -0.188. The molecule has 3 fully saturated rings. The Balaban J connectivity index is 1.17. The molecule has 8 nitrogen and oxygen atoms in total. The maximum Gasteiger partial charge on any atom is 0.221 e. The number of carbonyl (C=O) groups excluding carboxylic acids is 1. The fourth-order valence-electron chi connectivity index (χ4n) is 4.83. The first kappa shape index (κ1) is 20.8. The number of piperidine rings is 2. The molecule has 1 N–H and O–H groups in total. The summed E-state index contributed by atoms with van der Waals surface area (Å²) >= 11 is 1.61. The van der Waals surface area contributed by atoms with Crippen molar-refractivity contribution in [1.82, 2.24) is 15.1 Å². The van der Waals surface area contributed by atoms with Crippen molar-refractivity contribution in [3.8, 4) is 10.6 Å². The van der Waals surface area contributed by atoms with E-state index >= 15 is 0 Å². The molecular formula is C22H29N5O3S. The standard InChI is InChI=1S/C22H29N5O3S/c1-16(28)23-18-4-2-3-17(15-18)20-24-25-21(31-20)27-9-5-19(6-10-27)26-11-7-22(8-12-26)29-13-14-30-22/h2-4,15,19H,5-14H2,1H3,(H,23,28). The zero-order chi connectivity index (χ0) is 21.3. The average molecular weight is 444 g/mol. The van der Waals surface area contributed by atoms with Gasteiger partial charge in [-0.1, -0.05) is 23.5 Å². The van der Waals surface area contributed by atoms with Crippen molar-refractivity contribution >= 4 is 28.1 Å². The van der Waals surface area contributed by atoms with Crippen molar-refractivity contribution in [2.24, 2.45) is 0 Å². The Morgan fingerprint density at radius 3 is 2.58 bits per heavy atom. The van der Waals surface area contributed by atoms with Crippen molar-refractivity contribution in [2.45, 2.75) is 44.4 Å². The van der Waals surface area contributed by atoms with Gasteiger partial charge < -0.3 is 19.7 Å². The number of hydrogen-bond acceptors (Lipinski definition) is 8. The summed E-state index contributed by atoms with van der Waals surface area (Å²) in [5.74, 6) is -0.373. The van der Waals surface area contributed by atoms with Crippen LogP contribution in [-0.2, 0) is 14.3 Å². The van der Waals surface area contributed by atoms with E-state index in [0.717, 1.165) is 86.5 Å². The summed E-state index contributed by atoms with van der Waals surface area (Å²) in [6, 6.07) is 8.38. The van der Waals surface area contributed by atoms with Crippen LogP contribution in [0.25, 0.3) is 10.6 Å². The van der Waals surface area contributed by atoms with E-state index in [0.29, 0.717) is 6.04 Å². The second-order valence-electron chi connectivity index (χ2n) is 8.51. The Morgan fingerprint density at radius 1 is 1.13 bits per heavy atom. The number of nitrogens with zero attached hydrogens (tertiary/aromatic N) is 4. The van der Waals surface area contributed by atoms with Crippen LogP contribution in [0, 0.1) is 0 Å². The molecule has 1 spiro atoms. The lowest BCUT2D eigenvalue weighted by Gasteiger charge is -2.44. The van der Waals surface area contributed by atoms with E-state index in [1.54, 1.807) is 11.3 Å². The maximum absolute atomic E-state index is 11.3. The van der Waals surface area contributed by atoms with Crippen LogP contribution >= 0.6 is 11.3 Å². The number of hydrogen-bond donors (Lipinski definition) is 1. The fraction of sp³-hybridized carbons (Fsp3) is 0.591. The minimum atomic E-state index is -0.294. The lowest BCUT2D eigenvalue weighted by Crippen LogP contribution is -2.52. The van der Waals surface area contributed by atoms with Crippen molar-refractivity contribution in [3.05, 3.63) is 24.3 Å². The highest BCUT2D eigenvalue weighted by atomic mass is 32.1. The number of likely N-dealkylation sites (tertiary alicyclic amines) is 1. The predicted molar refractivity (Wildman–Crippen MR) is 120 cm³/mol. The molecule has 1 amide bonds. The number of ether oxygens (including phenoxy) is 2. The Hall–Kier alpha value is -2.07. The molecule has 0 bridgehead atoms. The predicted octanol–water partition coefficient (Wildman–Crippen LogP) is 2.97. The van der Waals surface area contributed by atoms with Gasteiger partial charge in [-0.25, -0.2) is 0 Å². The summed E-state index contributed by atoms with van der Waals surface area (Å²) < 4.78 is 11.7. The first-order chi connectivity index (χ1) is 15.1. The van der Waals surface area contributed by atoms with Crippen LogP contribution in [0.1, 0.15) is 32.6 Å². The summed E-state index contributed by atoms with van der Waals surface area (Å²) in [5.41, 5.74) is 1.75. The summed E-state index contributed by atoms with van der Waals surface area (Å²) in [7, 11) is 0. The van der Waals surface area contributed by atoms with E-state index in [9.17, 15) is 4.79 Å². The first-order valence-corrected chi connectivity index (χ1v) is 11.9. The molecule has 0 aliphatic carbocycles. The van der Waals surface area contributed by atoms with Crippen molar-refractivity contribution in [1.29, 1.82) is 0 Å². The van der Waals surface area contributed by atoms with E-state index in [1.165, 1.54) is 6.92 Å². The van der Waals surface area contributed by atoms with E-state index in [4.69, 9.17) is 9.47 Å². The summed E-state index contributed by atoms with van der Waals surface area (Å²) in [4.78, 5) is 16.3. The van der Waals surface area contributed by atoms with E-state index < -0.39 is 0 Å².